The lowest BCUT2D eigenvalue weighted by molar-refractivity contribution is -0.126. The number of nitrogens with zero attached hydrogens (tertiary/aromatic N) is 1. The van der Waals surface area contributed by atoms with Crippen LogP contribution in [0.5, 0.6) is 0 Å². The van der Waals surface area contributed by atoms with Crippen molar-refractivity contribution in [1.82, 2.24) is 9.62 Å². The second-order valence-electron chi connectivity index (χ2n) is 7.15. The van der Waals surface area contributed by atoms with E-state index in [2.05, 4.69) is 10.6 Å². The maximum atomic E-state index is 12.7. The van der Waals surface area contributed by atoms with Crippen LogP contribution in [0.25, 0.3) is 0 Å². The Bertz CT molecular complexity index is 965. The molecule has 1 unspecified atom stereocenters. The minimum Gasteiger partial charge on any atom is -0.349 e. The van der Waals surface area contributed by atoms with E-state index in [4.69, 9.17) is 0 Å². The fourth-order valence-electron chi connectivity index (χ4n) is 3.40. The molecule has 2 aromatic rings. The van der Waals surface area contributed by atoms with E-state index >= 15 is 0 Å². The van der Waals surface area contributed by atoms with Crippen LogP contribution in [0.3, 0.4) is 0 Å². The van der Waals surface area contributed by atoms with Gasteiger partial charge in [0.2, 0.25) is 11.8 Å². The van der Waals surface area contributed by atoms with E-state index in [1.165, 1.54) is 22.6 Å². The molecule has 1 aliphatic heterocycles. The molecule has 2 amide bonds. The fourth-order valence-corrected chi connectivity index (χ4v) is 6.01. The average molecular weight is 436 g/mol. The number of hydrogen-bond acceptors (Lipinski definition) is 5. The zero-order chi connectivity index (χ0) is 21.0. The molecule has 9 heteroatoms. The van der Waals surface area contributed by atoms with Gasteiger partial charge in [-0.3, -0.25) is 9.59 Å². The molecule has 1 atom stereocenters. The highest BCUT2D eigenvalue weighted by atomic mass is 32.2. The van der Waals surface area contributed by atoms with Crippen LogP contribution in [0.1, 0.15) is 38.3 Å². The van der Waals surface area contributed by atoms with Gasteiger partial charge in [-0.1, -0.05) is 18.2 Å². The smallest absolute Gasteiger partial charge is 0.252 e. The molecule has 2 heterocycles. The summed E-state index contributed by atoms with van der Waals surface area (Å²) < 4.78 is 27.0. The molecular formula is C20H25N3O4S2. The summed E-state index contributed by atoms with van der Waals surface area (Å²) in [7, 11) is -3.46. The van der Waals surface area contributed by atoms with Crippen LogP contribution in [-0.4, -0.2) is 37.6 Å². The molecule has 1 aromatic carbocycles. The zero-order valence-electron chi connectivity index (χ0n) is 16.4. The molecule has 0 bridgehead atoms. The molecule has 0 spiro atoms. The lowest BCUT2D eigenvalue weighted by Gasteiger charge is -2.30. The lowest BCUT2D eigenvalue weighted by Crippen LogP contribution is -2.43. The summed E-state index contributed by atoms with van der Waals surface area (Å²) in [5, 5.41) is 7.49. The first-order valence-electron chi connectivity index (χ1n) is 9.49. The Balaban J connectivity index is 1.56. The highest BCUT2D eigenvalue weighted by Crippen LogP contribution is 2.27. The Labute approximate surface area is 175 Å². The number of rotatable bonds is 6. The number of thiophene rings is 1. The van der Waals surface area contributed by atoms with Gasteiger partial charge in [-0.25, -0.2) is 8.42 Å². The standard InChI is InChI=1S/C20H25N3O4S2/c1-14(17-5-3-6-18(13-17)22-15(2)24)21-20(25)16-8-10-23(11-9-16)29(26,27)19-7-4-12-28-19/h3-7,12-14,16H,8-11H2,1-2H3,(H,21,25)(H,22,24). The van der Waals surface area contributed by atoms with Crippen molar-refractivity contribution < 1.29 is 18.0 Å². The third-order valence-corrected chi connectivity index (χ3v) is 8.25. The van der Waals surface area contributed by atoms with Crippen molar-refractivity contribution in [3.8, 4) is 0 Å². The number of nitrogens with one attached hydrogen (secondary N) is 2. The van der Waals surface area contributed by atoms with E-state index in [0.29, 0.717) is 35.8 Å². The summed E-state index contributed by atoms with van der Waals surface area (Å²) in [6.45, 7) is 4.01. The van der Waals surface area contributed by atoms with E-state index in [0.717, 1.165) is 5.56 Å². The van der Waals surface area contributed by atoms with Crippen molar-refractivity contribution in [1.29, 1.82) is 0 Å². The normalized spacial score (nSPS) is 16.9. The highest BCUT2D eigenvalue weighted by Gasteiger charge is 2.32. The first-order chi connectivity index (χ1) is 13.8. The van der Waals surface area contributed by atoms with Gasteiger partial charge in [-0.15, -0.1) is 11.3 Å². The number of hydrogen-bond donors (Lipinski definition) is 2. The van der Waals surface area contributed by atoms with Crippen molar-refractivity contribution in [2.24, 2.45) is 5.92 Å². The summed E-state index contributed by atoms with van der Waals surface area (Å²) in [6.07, 6.45) is 0.990. The van der Waals surface area contributed by atoms with E-state index in [1.807, 2.05) is 25.1 Å². The molecule has 7 nitrogen and oxygen atoms in total. The van der Waals surface area contributed by atoms with Crippen LogP contribution in [0.2, 0.25) is 0 Å². The van der Waals surface area contributed by atoms with Crippen molar-refractivity contribution in [2.45, 2.75) is 36.9 Å². The van der Waals surface area contributed by atoms with Gasteiger partial charge >= 0.3 is 0 Å². The van der Waals surface area contributed by atoms with E-state index in [-0.39, 0.29) is 23.8 Å². The first kappa shape index (κ1) is 21.5. The molecule has 2 N–H and O–H groups in total. The third-order valence-electron chi connectivity index (χ3n) is 4.98. The van der Waals surface area contributed by atoms with Crippen LogP contribution >= 0.6 is 11.3 Å². The summed E-state index contributed by atoms with van der Waals surface area (Å²) in [5.41, 5.74) is 1.57. The number of anilines is 1. The maximum absolute atomic E-state index is 12.7. The predicted octanol–water partition coefficient (Wildman–Crippen LogP) is 2.98. The Kier molecular flexibility index (Phi) is 6.71. The van der Waals surface area contributed by atoms with Gasteiger partial charge in [-0.05, 0) is 48.9 Å². The first-order valence-corrected chi connectivity index (χ1v) is 11.8. The molecule has 1 aromatic heterocycles. The summed E-state index contributed by atoms with van der Waals surface area (Å²) >= 11 is 1.21. The lowest BCUT2D eigenvalue weighted by atomic mass is 9.96. The topological polar surface area (TPSA) is 95.6 Å². The van der Waals surface area contributed by atoms with Gasteiger partial charge in [0.25, 0.3) is 10.0 Å². The molecule has 0 aliphatic carbocycles. The number of piperidine rings is 1. The zero-order valence-corrected chi connectivity index (χ0v) is 18.1. The summed E-state index contributed by atoms with van der Waals surface area (Å²) in [5.74, 6) is -0.440. The fraction of sp³-hybridized carbons (Fsp3) is 0.400. The second kappa shape index (κ2) is 9.06. The van der Waals surface area contributed by atoms with Crippen LogP contribution in [0, 0.1) is 5.92 Å². The Morgan fingerprint density at radius 1 is 1.17 bits per heavy atom. The highest BCUT2D eigenvalue weighted by molar-refractivity contribution is 7.91. The number of carbonyl (C=O) groups excluding carboxylic acids is 2. The molecular weight excluding hydrogens is 410 g/mol. The average Bonchev–Trinajstić information content (AvgIpc) is 3.23. The van der Waals surface area contributed by atoms with Gasteiger partial charge in [0.1, 0.15) is 4.21 Å². The number of sulfonamides is 1. The van der Waals surface area contributed by atoms with Crippen LogP contribution in [-0.2, 0) is 19.6 Å². The van der Waals surface area contributed by atoms with Crippen molar-refractivity contribution in [2.75, 3.05) is 18.4 Å². The van der Waals surface area contributed by atoms with Gasteiger partial charge < -0.3 is 10.6 Å². The quantitative estimate of drug-likeness (QED) is 0.729. The monoisotopic (exact) mass is 435 g/mol. The Morgan fingerprint density at radius 2 is 1.90 bits per heavy atom. The van der Waals surface area contributed by atoms with Crippen molar-refractivity contribution >= 4 is 38.9 Å². The minimum atomic E-state index is -3.46. The van der Waals surface area contributed by atoms with Gasteiger partial charge in [0.05, 0.1) is 6.04 Å². The number of benzene rings is 1. The van der Waals surface area contributed by atoms with Crippen LogP contribution in [0.15, 0.2) is 46.0 Å². The van der Waals surface area contributed by atoms with Crippen molar-refractivity contribution in [3.63, 3.8) is 0 Å². The molecule has 0 radical (unpaired) electrons. The molecule has 156 valence electrons. The predicted molar refractivity (Wildman–Crippen MR) is 113 cm³/mol. The molecule has 1 fully saturated rings. The number of carbonyl (C=O) groups is 2. The van der Waals surface area contributed by atoms with Gasteiger partial charge in [-0.2, -0.15) is 4.31 Å². The van der Waals surface area contributed by atoms with E-state index in [9.17, 15) is 18.0 Å². The number of amides is 2. The van der Waals surface area contributed by atoms with Crippen molar-refractivity contribution in [3.05, 3.63) is 47.3 Å². The van der Waals surface area contributed by atoms with Gasteiger partial charge in [0.15, 0.2) is 0 Å². The molecule has 0 saturated carbocycles. The molecule has 29 heavy (non-hydrogen) atoms. The summed E-state index contributed by atoms with van der Waals surface area (Å²) in [6, 6.07) is 10.5. The minimum absolute atomic E-state index is 0.0735. The second-order valence-corrected chi connectivity index (χ2v) is 10.3. The van der Waals surface area contributed by atoms with E-state index in [1.54, 1.807) is 23.6 Å². The Morgan fingerprint density at radius 3 is 2.52 bits per heavy atom. The van der Waals surface area contributed by atoms with E-state index < -0.39 is 10.0 Å². The molecule has 1 saturated heterocycles. The molecule has 1 aliphatic rings. The maximum Gasteiger partial charge on any atom is 0.252 e. The van der Waals surface area contributed by atoms with Crippen LogP contribution < -0.4 is 10.6 Å². The Hall–Kier alpha value is -2.23. The van der Waals surface area contributed by atoms with Crippen LogP contribution in [0.4, 0.5) is 5.69 Å². The summed E-state index contributed by atoms with van der Waals surface area (Å²) in [4.78, 5) is 23.9. The third kappa shape index (κ3) is 5.23. The molecule has 3 rings (SSSR count). The SMILES string of the molecule is CC(=O)Nc1cccc(C(C)NC(=O)C2CCN(S(=O)(=O)c3cccs3)CC2)c1. The largest absolute Gasteiger partial charge is 0.349 e. The van der Waals surface area contributed by atoms with Gasteiger partial charge in [0, 0.05) is 31.6 Å².